The van der Waals surface area contributed by atoms with Gasteiger partial charge in [0.05, 0.1) is 0 Å². The average Bonchev–Trinajstić information content (AvgIpc) is 2.99. The molecular formula is C13H19N5S. The molecule has 6 heteroatoms. The summed E-state index contributed by atoms with van der Waals surface area (Å²) in [6.07, 6.45) is 7.56. The highest BCUT2D eigenvalue weighted by molar-refractivity contribution is 7.15. The van der Waals surface area contributed by atoms with Crippen LogP contribution >= 0.6 is 11.3 Å². The summed E-state index contributed by atoms with van der Waals surface area (Å²) < 4.78 is 2.18. The fourth-order valence-electron chi connectivity index (χ4n) is 2.09. The van der Waals surface area contributed by atoms with Gasteiger partial charge in [0.1, 0.15) is 10.8 Å². The Morgan fingerprint density at radius 1 is 1.42 bits per heavy atom. The van der Waals surface area contributed by atoms with Crippen LogP contribution in [0.3, 0.4) is 0 Å². The normalized spacial score (nSPS) is 14.8. The summed E-state index contributed by atoms with van der Waals surface area (Å²) in [5.74, 6) is 1.78. The van der Waals surface area contributed by atoms with Gasteiger partial charge in [-0.15, -0.1) is 10.2 Å². The van der Waals surface area contributed by atoms with Crippen molar-refractivity contribution in [3.63, 3.8) is 0 Å². The van der Waals surface area contributed by atoms with E-state index in [-0.39, 0.29) is 0 Å². The van der Waals surface area contributed by atoms with E-state index in [4.69, 9.17) is 0 Å². The molecule has 0 aromatic carbocycles. The minimum Gasteiger partial charge on any atom is -0.350 e. The second-order valence-corrected chi connectivity index (χ2v) is 6.13. The van der Waals surface area contributed by atoms with Gasteiger partial charge in [0, 0.05) is 38.4 Å². The lowest BCUT2D eigenvalue weighted by atomic mass is 10.4. The Morgan fingerprint density at radius 3 is 2.95 bits per heavy atom. The molecule has 0 spiro atoms. The Morgan fingerprint density at radius 2 is 2.26 bits per heavy atom. The molecule has 102 valence electrons. The highest BCUT2D eigenvalue weighted by Gasteiger charge is 2.27. The number of aromatic nitrogens is 4. The second kappa shape index (κ2) is 5.28. The minimum atomic E-state index is 0.702. The van der Waals surface area contributed by atoms with Crippen LogP contribution in [0.25, 0.3) is 0 Å². The van der Waals surface area contributed by atoms with Crippen molar-refractivity contribution < 1.29 is 0 Å². The van der Waals surface area contributed by atoms with Gasteiger partial charge in [0.25, 0.3) is 0 Å². The number of aryl methyl sites for hydroxylation is 2. The summed E-state index contributed by atoms with van der Waals surface area (Å²) in [6.45, 7) is 4.04. The van der Waals surface area contributed by atoms with Crippen molar-refractivity contribution in [3.8, 4) is 0 Å². The number of rotatable bonds is 6. The SMILES string of the molecule is Cc1nccn1CCCN(C)c1nnc(C2CC2)s1. The van der Waals surface area contributed by atoms with Gasteiger partial charge in [-0.1, -0.05) is 11.3 Å². The summed E-state index contributed by atoms with van der Waals surface area (Å²) in [7, 11) is 2.10. The monoisotopic (exact) mass is 277 g/mol. The highest BCUT2D eigenvalue weighted by Crippen LogP contribution is 2.42. The van der Waals surface area contributed by atoms with Crippen molar-refractivity contribution in [3.05, 3.63) is 23.2 Å². The number of nitrogens with zero attached hydrogens (tertiary/aromatic N) is 5. The van der Waals surface area contributed by atoms with E-state index >= 15 is 0 Å². The summed E-state index contributed by atoms with van der Waals surface area (Å²) >= 11 is 1.75. The standard InChI is InChI=1S/C13H19N5S/c1-10-14-6-9-18(10)8-3-7-17(2)13-16-15-12(19-13)11-4-5-11/h6,9,11H,3-5,7-8H2,1-2H3. The van der Waals surface area contributed by atoms with Gasteiger partial charge in [0.2, 0.25) is 5.13 Å². The molecular weight excluding hydrogens is 258 g/mol. The van der Waals surface area contributed by atoms with Crippen LogP contribution in [0.2, 0.25) is 0 Å². The van der Waals surface area contributed by atoms with E-state index in [1.54, 1.807) is 11.3 Å². The summed E-state index contributed by atoms with van der Waals surface area (Å²) in [5.41, 5.74) is 0. The molecule has 0 bridgehead atoms. The molecule has 0 amide bonds. The van der Waals surface area contributed by atoms with Crippen LogP contribution < -0.4 is 4.90 Å². The third-order valence-electron chi connectivity index (χ3n) is 3.50. The van der Waals surface area contributed by atoms with E-state index in [0.29, 0.717) is 5.92 Å². The zero-order chi connectivity index (χ0) is 13.2. The van der Waals surface area contributed by atoms with E-state index in [0.717, 1.165) is 30.5 Å². The van der Waals surface area contributed by atoms with Crippen LogP contribution in [0.15, 0.2) is 12.4 Å². The Bertz CT molecular complexity index is 543. The van der Waals surface area contributed by atoms with Gasteiger partial charge < -0.3 is 9.47 Å². The molecule has 3 rings (SSSR count). The fraction of sp³-hybridized carbons (Fsp3) is 0.615. The number of imidazole rings is 1. The molecule has 5 nitrogen and oxygen atoms in total. The van der Waals surface area contributed by atoms with Crippen LogP contribution in [-0.2, 0) is 6.54 Å². The van der Waals surface area contributed by atoms with E-state index in [1.807, 2.05) is 19.3 Å². The van der Waals surface area contributed by atoms with Crippen molar-refractivity contribution >= 4 is 16.5 Å². The van der Waals surface area contributed by atoms with Gasteiger partial charge in [-0.25, -0.2) is 4.98 Å². The maximum atomic E-state index is 4.29. The van der Waals surface area contributed by atoms with Crippen LogP contribution in [0.1, 0.15) is 36.0 Å². The van der Waals surface area contributed by atoms with Crippen molar-refractivity contribution in [2.24, 2.45) is 0 Å². The Balaban J connectivity index is 1.50. The topological polar surface area (TPSA) is 46.8 Å². The highest BCUT2D eigenvalue weighted by atomic mass is 32.1. The summed E-state index contributed by atoms with van der Waals surface area (Å²) in [6, 6.07) is 0. The second-order valence-electron chi connectivity index (χ2n) is 5.14. The molecule has 0 aliphatic heterocycles. The molecule has 0 atom stereocenters. The van der Waals surface area contributed by atoms with Crippen molar-refractivity contribution in [1.29, 1.82) is 0 Å². The Kier molecular flexibility index (Phi) is 3.50. The molecule has 2 aromatic heterocycles. The lowest BCUT2D eigenvalue weighted by Crippen LogP contribution is -2.19. The first-order valence-electron chi connectivity index (χ1n) is 6.76. The Labute approximate surface area is 117 Å². The predicted molar refractivity (Wildman–Crippen MR) is 76.7 cm³/mol. The summed E-state index contributed by atoms with van der Waals surface area (Å²) in [5, 5.41) is 10.8. The quantitative estimate of drug-likeness (QED) is 0.813. The van der Waals surface area contributed by atoms with Gasteiger partial charge in [-0.05, 0) is 26.2 Å². The van der Waals surface area contributed by atoms with Crippen LogP contribution in [0.5, 0.6) is 0 Å². The van der Waals surface area contributed by atoms with E-state index in [9.17, 15) is 0 Å². The first-order chi connectivity index (χ1) is 9.24. The molecule has 2 aromatic rings. The minimum absolute atomic E-state index is 0.702. The molecule has 0 saturated heterocycles. The first-order valence-corrected chi connectivity index (χ1v) is 7.58. The van der Waals surface area contributed by atoms with E-state index in [2.05, 4.69) is 31.7 Å². The van der Waals surface area contributed by atoms with Crippen LogP contribution in [-0.4, -0.2) is 33.3 Å². The largest absolute Gasteiger partial charge is 0.350 e. The zero-order valence-corrected chi connectivity index (χ0v) is 12.2. The molecule has 0 unspecified atom stereocenters. The number of hydrogen-bond acceptors (Lipinski definition) is 5. The lowest BCUT2D eigenvalue weighted by molar-refractivity contribution is 0.621. The van der Waals surface area contributed by atoms with Gasteiger partial charge >= 0.3 is 0 Å². The molecule has 1 aliphatic rings. The fourth-order valence-corrected chi connectivity index (χ4v) is 3.09. The third-order valence-corrected chi connectivity index (χ3v) is 4.70. The lowest BCUT2D eigenvalue weighted by Gasteiger charge is -2.15. The first kappa shape index (κ1) is 12.6. The van der Waals surface area contributed by atoms with Gasteiger partial charge in [-0.2, -0.15) is 0 Å². The zero-order valence-electron chi connectivity index (χ0n) is 11.4. The van der Waals surface area contributed by atoms with E-state index < -0.39 is 0 Å². The number of hydrogen-bond donors (Lipinski definition) is 0. The van der Waals surface area contributed by atoms with Crippen molar-refractivity contribution in [2.45, 2.75) is 38.6 Å². The summed E-state index contributed by atoms with van der Waals surface area (Å²) in [4.78, 5) is 6.44. The maximum absolute atomic E-state index is 4.29. The van der Waals surface area contributed by atoms with Gasteiger partial charge in [-0.3, -0.25) is 0 Å². The molecule has 2 heterocycles. The molecule has 1 aliphatic carbocycles. The van der Waals surface area contributed by atoms with Crippen molar-refractivity contribution in [1.82, 2.24) is 19.7 Å². The van der Waals surface area contributed by atoms with Crippen LogP contribution in [0.4, 0.5) is 5.13 Å². The Hall–Kier alpha value is -1.43. The smallest absolute Gasteiger partial charge is 0.208 e. The van der Waals surface area contributed by atoms with Gasteiger partial charge in [0.15, 0.2) is 0 Å². The van der Waals surface area contributed by atoms with Crippen molar-refractivity contribution in [2.75, 3.05) is 18.5 Å². The average molecular weight is 277 g/mol. The molecule has 1 fully saturated rings. The van der Waals surface area contributed by atoms with E-state index in [1.165, 1.54) is 17.8 Å². The molecule has 1 saturated carbocycles. The molecule has 19 heavy (non-hydrogen) atoms. The third kappa shape index (κ3) is 2.94. The predicted octanol–water partition coefficient (Wildman–Crippen LogP) is 2.45. The molecule has 0 radical (unpaired) electrons. The number of anilines is 1. The molecule has 0 N–H and O–H groups in total. The van der Waals surface area contributed by atoms with Crippen LogP contribution in [0, 0.1) is 6.92 Å². The maximum Gasteiger partial charge on any atom is 0.208 e.